The van der Waals surface area contributed by atoms with Crippen molar-refractivity contribution in [2.24, 2.45) is 0 Å². The van der Waals surface area contributed by atoms with Gasteiger partial charge in [-0.15, -0.1) is 0 Å². The normalized spacial score (nSPS) is 17.3. The number of aliphatic hydroxyl groups is 2. The van der Waals surface area contributed by atoms with Gasteiger partial charge in [-0.25, -0.2) is 0 Å². The van der Waals surface area contributed by atoms with Gasteiger partial charge in [-0.05, 0) is 33.3 Å². The molecular weight excluding hydrogens is 252 g/mol. The Morgan fingerprint density at radius 3 is 2.50 bits per heavy atom. The van der Waals surface area contributed by atoms with Gasteiger partial charge in [0.1, 0.15) is 17.6 Å². The maximum Gasteiger partial charge on any atom is 0.125 e. The van der Waals surface area contributed by atoms with Crippen molar-refractivity contribution < 1.29 is 14.9 Å². The van der Waals surface area contributed by atoms with E-state index in [1.807, 2.05) is 39.0 Å². The third kappa shape index (κ3) is 7.64. The lowest BCUT2D eigenvalue weighted by Gasteiger charge is -2.19. The Hall–Kier alpha value is -1.74. The molecule has 0 rings (SSSR count). The second kappa shape index (κ2) is 10.1. The van der Waals surface area contributed by atoms with E-state index in [2.05, 4.69) is 6.58 Å². The Labute approximate surface area is 122 Å². The molecule has 3 heteroatoms. The van der Waals surface area contributed by atoms with Crippen LogP contribution in [0.5, 0.6) is 0 Å². The predicted octanol–water partition coefficient (Wildman–Crippen LogP) is 4.76. The maximum absolute atomic E-state index is 9.91. The summed E-state index contributed by atoms with van der Waals surface area (Å²) in [6.07, 6.45) is 10.4. The van der Waals surface area contributed by atoms with E-state index in [9.17, 15) is 10.2 Å². The number of hydrogen-bond donors (Lipinski definition) is 2. The largest absolute Gasteiger partial charge is 0.509 e. The summed E-state index contributed by atoms with van der Waals surface area (Å²) < 4.78 is 5.74. The highest BCUT2D eigenvalue weighted by Crippen LogP contribution is 2.13. The molecule has 0 amide bonds. The molecule has 2 N–H and O–H groups in total. The van der Waals surface area contributed by atoms with E-state index in [1.54, 1.807) is 13.0 Å². The lowest BCUT2D eigenvalue weighted by Crippen LogP contribution is -2.20. The van der Waals surface area contributed by atoms with E-state index in [-0.39, 0.29) is 17.6 Å². The lowest BCUT2D eigenvalue weighted by atomic mass is 10.2. The molecule has 3 nitrogen and oxygen atoms in total. The summed E-state index contributed by atoms with van der Waals surface area (Å²) in [5, 5.41) is 19.3. The molecular formula is C17H26O3. The highest BCUT2D eigenvalue weighted by atomic mass is 16.5. The van der Waals surface area contributed by atoms with Crippen molar-refractivity contribution >= 4 is 0 Å². The Morgan fingerprint density at radius 1 is 1.35 bits per heavy atom. The predicted molar refractivity (Wildman–Crippen MR) is 84.8 cm³/mol. The molecule has 0 saturated heterocycles. The third-order valence-corrected chi connectivity index (χ3v) is 2.68. The van der Waals surface area contributed by atoms with Crippen molar-refractivity contribution in [3.05, 3.63) is 60.1 Å². The molecule has 0 aromatic heterocycles. The number of aliphatic hydroxyl groups excluding tert-OH is 2. The third-order valence-electron chi connectivity index (χ3n) is 2.68. The standard InChI is InChI=1S/C17H26O3/c1-6-9-13(4)10-11-14(5)20-17(8-3)16(19)12-15(18)7-2/h6-7,9-12,14,17-19H,1,8H2,2-5H3/b11-10-,13-9-,15-7+,16-12+. The summed E-state index contributed by atoms with van der Waals surface area (Å²) in [5.41, 5.74) is 1.08. The Morgan fingerprint density at radius 2 is 2.00 bits per heavy atom. The first-order valence-corrected chi connectivity index (χ1v) is 6.83. The summed E-state index contributed by atoms with van der Waals surface area (Å²) in [4.78, 5) is 0. The van der Waals surface area contributed by atoms with E-state index in [0.717, 1.165) is 5.57 Å². The lowest BCUT2D eigenvalue weighted by molar-refractivity contribution is 0.0186. The van der Waals surface area contributed by atoms with Gasteiger partial charge in [0.25, 0.3) is 0 Å². The van der Waals surface area contributed by atoms with Crippen LogP contribution < -0.4 is 0 Å². The fraction of sp³-hybridized carbons (Fsp3) is 0.412. The minimum atomic E-state index is -0.430. The smallest absolute Gasteiger partial charge is 0.125 e. The Bertz CT molecular complexity index is 414. The summed E-state index contributed by atoms with van der Waals surface area (Å²) in [5.74, 6) is 0.0548. The van der Waals surface area contributed by atoms with Crippen LogP contribution in [0.2, 0.25) is 0 Å². The summed E-state index contributed by atoms with van der Waals surface area (Å²) in [6.45, 7) is 11.1. The van der Waals surface area contributed by atoms with Crippen LogP contribution in [0.1, 0.15) is 34.1 Å². The van der Waals surface area contributed by atoms with E-state index in [1.165, 1.54) is 12.2 Å². The highest BCUT2D eigenvalue weighted by Gasteiger charge is 2.14. The molecule has 0 aliphatic carbocycles. The number of allylic oxidation sites excluding steroid dienone is 6. The van der Waals surface area contributed by atoms with Crippen molar-refractivity contribution in [1.82, 2.24) is 0 Å². The molecule has 112 valence electrons. The average molecular weight is 278 g/mol. The van der Waals surface area contributed by atoms with Gasteiger partial charge in [-0.3, -0.25) is 0 Å². The van der Waals surface area contributed by atoms with E-state index < -0.39 is 6.10 Å². The number of rotatable bonds is 8. The van der Waals surface area contributed by atoms with Crippen molar-refractivity contribution in [1.29, 1.82) is 0 Å². The fourth-order valence-electron chi connectivity index (χ4n) is 1.54. The van der Waals surface area contributed by atoms with Crippen LogP contribution in [0.3, 0.4) is 0 Å². The summed E-state index contributed by atoms with van der Waals surface area (Å²) in [6, 6.07) is 0. The van der Waals surface area contributed by atoms with Crippen molar-refractivity contribution in [3.8, 4) is 0 Å². The molecule has 0 aromatic rings. The zero-order valence-electron chi connectivity index (χ0n) is 12.8. The zero-order valence-corrected chi connectivity index (χ0v) is 12.8. The monoisotopic (exact) mass is 278 g/mol. The maximum atomic E-state index is 9.91. The van der Waals surface area contributed by atoms with Crippen LogP contribution in [-0.4, -0.2) is 22.4 Å². The Balaban J connectivity index is 4.69. The van der Waals surface area contributed by atoms with Gasteiger partial charge >= 0.3 is 0 Å². The molecule has 0 aromatic carbocycles. The van der Waals surface area contributed by atoms with E-state index >= 15 is 0 Å². The molecule has 0 aliphatic heterocycles. The second-order valence-electron chi connectivity index (χ2n) is 4.53. The van der Waals surface area contributed by atoms with Gasteiger partial charge in [0.05, 0.1) is 6.10 Å². The van der Waals surface area contributed by atoms with Crippen LogP contribution in [-0.2, 0) is 4.74 Å². The molecule has 0 bridgehead atoms. The summed E-state index contributed by atoms with van der Waals surface area (Å²) >= 11 is 0. The van der Waals surface area contributed by atoms with Crippen LogP contribution in [0.25, 0.3) is 0 Å². The van der Waals surface area contributed by atoms with Gasteiger partial charge in [-0.2, -0.15) is 0 Å². The van der Waals surface area contributed by atoms with Crippen LogP contribution in [0.4, 0.5) is 0 Å². The van der Waals surface area contributed by atoms with Gasteiger partial charge in [0.2, 0.25) is 0 Å². The van der Waals surface area contributed by atoms with Gasteiger partial charge in [0.15, 0.2) is 0 Å². The van der Waals surface area contributed by atoms with Crippen molar-refractivity contribution in [2.45, 2.75) is 46.3 Å². The molecule has 0 spiro atoms. The van der Waals surface area contributed by atoms with E-state index in [4.69, 9.17) is 4.74 Å². The van der Waals surface area contributed by atoms with Gasteiger partial charge < -0.3 is 14.9 Å². The highest BCUT2D eigenvalue weighted by molar-refractivity contribution is 5.21. The molecule has 0 fully saturated rings. The zero-order chi connectivity index (χ0) is 15.5. The minimum Gasteiger partial charge on any atom is -0.509 e. The first-order chi connectivity index (χ1) is 9.44. The molecule has 2 atom stereocenters. The molecule has 0 radical (unpaired) electrons. The Kier molecular flexibility index (Phi) is 9.22. The van der Waals surface area contributed by atoms with Crippen molar-refractivity contribution in [3.63, 3.8) is 0 Å². The fourth-order valence-corrected chi connectivity index (χ4v) is 1.54. The first kappa shape index (κ1) is 18.3. The SMILES string of the molecule is C=C/C=C(C)\C=C/C(C)OC(CC)/C(O)=C\C(O)=C/C. The summed E-state index contributed by atoms with van der Waals surface area (Å²) in [7, 11) is 0. The molecule has 20 heavy (non-hydrogen) atoms. The molecule has 0 aliphatic rings. The molecule has 0 heterocycles. The average Bonchev–Trinajstić information content (AvgIpc) is 2.42. The second-order valence-corrected chi connectivity index (χ2v) is 4.53. The number of ether oxygens (including phenoxy) is 1. The van der Waals surface area contributed by atoms with Gasteiger partial charge in [-0.1, -0.05) is 43.4 Å². The quantitative estimate of drug-likeness (QED) is 0.497. The van der Waals surface area contributed by atoms with Crippen LogP contribution in [0.15, 0.2) is 60.1 Å². The van der Waals surface area contributed by atoms with E-state index in [0.29, 0.717) is 6.42 Å². The minimum absolute atomic E-state index is 0.0255. The van der Waals surface area contributed by atoms with Crippen LogP contribution >= 0.6 is 0 Å². The molecule has 2 unspecified atom stereocenters. The van der Waals surface area contributed by atoms with Crippen molar-refractivity contribution in [2.75, 3.05) is 0 Å². The number of hydrogen-bond acceptors (Lipinski definition) is 3. The molecule has 0 saturated carbocycles. The topological polar surface area (TPSA) is 49.7 Å². The van der Waals surface area contributed by atoms with Gasteiger partial charge in [0, 0.05) is 6.08 Å². The van der Waals surface area contributed by atoms with Crippen LogP contribution in [0, 0.1) is 0 Å². The first-order valence-electron chi connectivity index (χ1n) is 6.83.